The van der Waals surface area contributed by atoms with Crippen LogP contribution in [0.15, 0.2) is 60.7 Å². The molecule has 0 bridgehead atoms. The Balaban J connectivity index is 1.92. The van der Waals surface area contributed by atoms with Gasteiger partial charge in [-0.25, -0.2) is 0 Å². The average Bonchev–Trinajstić information content (AvgIpc) is 2.31. The van der Waals surface area contributed by atoms with Crippen molar-refractivity contribution in [1.29, 1.82) is 0 Å². The molecule has 0 amide bonds. The molecule has 82 valence electrons. The summed E-state index contributed by atoms with van der Waals surface area (Å²) in [5, 5.41) is 0. The van der Waals surface area contributed by atoms with Crippen molar-refractivity contribution in [3.63, 3.8) is 0 Å². The number of nitrogens with zero attached hydrogens (tertiary/aromatic N) is 1. The van der Waals surface area contributed by atoms with Gasteiger partial charge < -0.3 is 4.84 Å². The van der Waals surface area contributed by atoms with Crippen LogP contribution in [0, 0.1) is 0 Å². The lowest BCUT2D eigenvalue weighted by atomic mass is 10.2. The Morgan fingerprint density at radius 1 is 0.875 bits per heavy atom. The fourth-order valence-electron chi connectivity index (χ4n) is 1.35. The first-order valence-electron chi connectivity index (χ1n) is 5.05. The minimum Gasteiger partial charge on any atom is -0.390 e. The summed E-state index contributed by atoms with van der Waals surface area (Å²) in [7, 11) is 0. The molecule has 0 saturated heterocycles. The molecule has 0 radical (unpaired) electrons. The number of para-hydroxylation sites is 1. The molecule has 0 heterocycles. The van der Waals surface area contributed by atoms with Crippen LogP contribution >= 0.6 is 11.8 Å². The maximum atomic E-state index is 5.96. The van der Waals surface area contributed by atoms with Crippen molar-refractivity contribution >= 4 is 11.8 Å². The van der Waals surface area contributed by atoms with Crippen LogP contribution < -0.4 is 4.84 Å². The highest BCUT2D eigenvalue weighted by Crippen LogP contribution is 2.14. The average molecular weight is 234 g/mol. The molecule has 0 unspecified atom stereocenters. The molecule has 2 aromatic rings. The van der Waals surface area contributed by atoms with Gasteiger partial charge in [0.1, 0.15) is 5.75 Å². The SMILES string of the molecule is ClN(Cc1ccccc1)Oc1ccccc1. The Kier molecular flexibility index (Phi) is 3.81. The molecule has 0 N–H and O–H groups in total. The maximum absolute atomic E-state index is 5.96. The maximum Gasteiger partial charge on any atom is 0.149 e. The zero-order valence-electron chi connectivity index (χ0n) is 8.71. The largest absolute Gasteiger partial charge is 0.390 e. The Bertz CT molecular complexity index is 377. The van der Waals surface area contributed by atoms with Crippen LogP contribution in [0.3, 0.4) is 0 Å². The fraction of sp³-hybridized carbons (Fsp3) is 0.0769. The van der Waals surface area contributed by atoms with Gasteiger partial charge >= 0.3 is 0 Å². The summed E-state index contributed by atoms with van der Waals surface area (Å²) in [5.41, 5.74) is 1.11. The van der Waals surface area contributed by atoms with Crippen molar-refractivity contribution in [2.24, 2.45) is 0 Å². The standard InChI is InChI=1S/C13H12ClNO/c14-15(11-12-7-3-1-4-8-12)16-13-9-5-2-6-10-13/h1-10H,11H2. The summed E-state index contributed by atoms with van der Waals surface area (Å²) >= 11 is 5.96. The Morgan fingerprint density at radius 3 is 2.06 bits per heavy atom. The first-order chi connectivity index (χ1) is 7.84. The molecule has 0 aliphatic rings. The van der Waals surface area contributed by atoms with Gasteiger partial charge in [-0.2, -0.15) is 0 Å². The van der Waals surface area contributed by atoms with Crippen molar-refractivity contribution in [2.75, 3.05) is 0 Å². The van der Waals surface area contributed by atoms with E-state index in [0.717, 1.165) is 11.3 Å². The summed E-state index contributed by atoms with van der Waals surface area (Å²) in [6, 6.07) is 19.4. The quantitative estimate of drug-likeness (QED) is 0.591. The van der Waals surface area contributed by atoms with Gasteiger partial charge in [0.2, 0.25) is 0 Å². The van der Waals surface area contributed by atoms with Crippen LogP contribution in [0.5, 0.6) is 5.75 Å². The van der Waals surface area contributed by atoms with E-state index in [2.05, 4.69) is 0 Å². The summed E-state index contributed by atoms with van der Waals surface area (Å²) in [6.07, 6.45) is 0. The Hall–Kier alpha value is -1.51. The lowest BCUT2D eigenvalue weighted by molar-refractivity contribution is 0.0312. The van der Waals surface area contributed by atoms with Crippen LogP contribution in [-0.4, -0.2) is 4.58 Å². The number of hydrogen-bond acceptors (Lipinski definition) is 2. The first-order valence-corrected chi connectivity index (χ1v) is 5.38. The molecule has 2 aromatic carbocycles. The van der Waals surface area contributed by atoms with E-state index < -0.39 is 0 Å². The monoisotopic (exact) mass is 233 g/mol. The highest BCUT2D eigenvalue weighted by atomic mass is 35.5. The Labute approximate surface area is 100 Å². The smallest absolute Gasteiger partial charge is 0.149 e. The minimum atomic E-state index is 0.539. The predicted octanol–water partition coefficient (Wildman–Crippen LogP) is 3.64. The zero-order valence-corrected chi connectivity index (χ0v) is 9.47. The van der Waals surface area contributed by atoms with Gasteiger partial charge in [-0.05, 0) is 22.3 Å². The number of benzene rings is 2. The van der Waals surface area contributed by atoms with E-state index in [-0.39, 0.29) is 0 Å². The molecule has 0 saturated carbocycles. The summed E-state index contributed by atoms with van der Waals surface area (Å²) in [4.78, 5) is 5.42. The highest BCUT2D eigenvalue weighted by molar-refractivity contribution is 6.12. The molecular weight excluding hydrogens is 222 g/mol. The number of halogens is 1. The molecule has 0 aliphatic heterocycles. The van der Waals surface area contributed by atoms with Gasteiger partial charge in [0, 0.05) is 11.8 Å². The third-order valence-corrected chi connectivity index (χ3v) is 2.29. The van der Waals surface area contributed by atoms with Gasteiger partial charge in [-0.3, -0.25) is 0 Å². The van der Waals surface area contributed by atoms with Crippen molar-refractivity contribution in [3.05, 3.63) is 66.2 Å². The van der Waals surface area contributed by atoms with Crippen molar-refractivity contribution in [1.82, 2.24) is 4.58 Å². The highest BCUT2D eigenvalue weighted by Gasteiger charge is 2.03. The first kappa shape index (κ1) is 11.0. The third-order valence-electron chi connectivity index (χ3n) is 2.10. The molecule has 0 aromatic heterocycles. The van der Waals surface area contributed by atoms with E-state index in [0.29, 0.717) is 6.54 Å². The van der Waals surface area contributed by atoms with E-state index in [4.69, 9.17) is 16.6 Å². The van der Waals surface area contributed by atoms with Crippen LogP contribution in [0.4, 0.5) is 0 Å². The molecule has 16 heavy (non-hydrogen) atoms. The molecule has 0 spiro atoms. The molecule has 3 heteroatoms. The topological polar surface area (TPSA) is 12.5 Å². The van der Waals surface area contributed by atoms with Crippen LogP contribution in [-0.2, 0) is 6.54 Å². The van der Waals surface area contributed by atoms with Gasteiger partial charge in [0.25, 0.3) is 0 Å². The normalized spacial score (nSPS) is 10.4. The van der Waals surface area contributed by atoms with E-state index in [9.17, 15) is 0 Å². The van der Waals surface area contributed by atoms with E-state index >= 15 is 0 Å². The van der Waals surface area contributed by atoms with Crippen LogP contribution in [0.2, 0.25) is 0 Å². The number of rotatable bonds is 4. The van der Waals surface area contributed by atoms with E-state index in [1.54, 1.807) is 0 Å². The van der Waals surface area contributed by atoms with Crippen molar-refractivity contribution in [3.8, 4) is 5.75 Å². The van der Waals surface area contributed by atoms with E-state index in [1.165, 1.54) is 4.58 Å². The van der Waals surface area contributed by atoms with Crippen LogP contribution in [0.1, 0.15) is 5.56 Å². The van der Waals surface area contributed by atoms with Gasteiger partial charge in [0.15, 0.2) is 0 Å². The second-order valence-corrected chi connectivity index (χ2v) is 3.74. The summed E-state index contributed by atoms with van der Waals surface area (Å²) in [5.74, 6) is 0.730. The second kappa shape index (κ2) is 5.54. The molecular formula is C13H12ClNO. The minimum absolute atomic E-state index is 0.539. The molecule has 2 nitrogen and oxygen atoms in total. The summed E-state index contributed by atoms with van der Waals surface area (Å²) < 4.78 is 1.30. The zero-order chi connectivity index (χ0) is 11.2. The molecule has 0 aliphatic carbocycles. The molecule has 0 fully saturated rings. The number of hydrogen-bond donors (Lipinski definition) is 0. The molecule has 0 atom stereocenters. The Morgan fingerprint density at radius 2 is 1.44 bits per heavy atom. The summed E-state index contributed by atoms with van der Waals surface area (Å²) in [6.45, 7) is 0.539. The van der Waals surface area contributed by atoms with Crippen LogP contribution in [0.25, 0.3) is 0 Å². The van der Waals surface area contributed by atoms with Crippen molar-refractivity contribution in [2.45, 2.75) is 6.54 Å². The van der Waals surface area contributed by atoms with Gasteiger partial charge in [-0.15, -0.1) is 0 Å². The van der Waals surface area contributed by atoms with Crippen molar-refractivity contribution < 1.29 is 4.84 Å². The van der Waals surface area contributed by atoms with Gasteiger partial charge in [0.05, 0.1) is 6.54 Å². The lowest BCUT2D eigenvalue weighted by Crippen LogP contribution is -2.15. The second-order valence-electron chi connectivity index (χ2n) is 3.37. The molecule has 2 rings (SSSR count). The van der Waals surface area contributed by atoms with Gasteiger partial charge in [-0.1, -0.05) is 48.5 Å². The van der Waals surface area contributed by atoms with E-state index in [1.807, 2.05) is 60.7 Å². The third kappa shape index (κ3) is 3.26. The fourth-order valence-corrected chi connectivity index (χ4v) is 1.57. The lowest BCUT2D eigenvalue weighted by Gasteiger charge is -2.14. The number of hydroxylamine groups is 1. The predicted molar refractivity (Wildman–Crippen MR) is 64.9 cm³/mol.